The third-order valence-corrected chi connectivity index (χ3v) is 10.3. The van der Waals surface area contributed by atoms with Crippen molar-refractivity contribution in [3.63, 3.8) is 0 Å². The summed E-state index contributed by atoms with van der Waals surface area (Å²) in [6.07, 6.45) is 6.87. The molecule has 4 aromatic rings. The molecule has 1 fully saturated rings. The van der Waals surface area contributed by atoms with E-state index in [0.717, 1.165) is 5.92 Å². The number of benzene rings is 3. The molecule has 31 heavy (non-hydrogen) atoms. The molecule has 1 saturated carbocycles. The number of hydrogen-bond acceptors (Lipinski definition) is 2. The van der Waals surface area contributed by atoms with Crippen molar-refractivity contribution in [3.8, 4) is 0 Å². The molecule has 1 heterocycles. The van der Waals surface area contributed by atoms with Crippen molar-refractivity contribution in [1.82, 2.24) is 0 Å². The van der Waals surface area contributed by atoms with Crippen LogP contribution in [-0.4, -0.2) is 15.1 Å². The van der Waals surface area contributed by atoms with Gasteiger partial charge in [-0.2, -0.15) is 0 Å². The van der Waals surface area contributed by atoms with Crippen molar-refractivity contribution in [1.29, 1.82) is 0 Å². The Morgan fingerprint density at radius 1 is 0.742 bits per heavy atom. The van der Waals surface area contributed by atoms with Crippen molar-refractivity contribution in [2.45, 2.75) is 57.7 Å². The highest BCUT2D eigenvalue weighted by Gasteiger charge is 2.24. The van der Waals surface area contributed by atoms with Crippen LogP contribution >= 0.6 is 11.3 Å². The molecule has 0 N–H and O–H groups in total. The number of nitrogens with zero attached hydrogens (tertiary/aromatic N) is 1. The predicted molar refractivity (Wildman–Crippen MR) is 143 cm³/mol. The zero-order valence-electron chi connectivity index (χ0n) is 19.2. The molecule has 0 bridgehead atoms. The molecule has 0 atom stereocenters. The van der Waals surface area contributed by atoms with Crippen molar-refractivity contribution >= 4 is 56.1 Å². The van der Waals surface area contributed by atoms with Crippen LogP contribution in [0.15, 0.2) is 60.7 Å². The molecule has 3 aromatic carbocycles. The van der Waals surface area contributed by atoms with Gasteiger partial charge in [-0.1, -0.05) is 87.4 Å². The Kier molecular flexibility index (Phi) is 5.43. The molecule has 0 radical (unpaired) electrons. The Morgan fingerprint density at radius 2 is 1.39 bits per heavy atom. The molecular weight excluding hydrogens is 410 g/mol. The topological polar surface area (TPSA) is 3.24 Å². The summed E-state index contributed by atoms with van der Waals surface area (Å²) in [5.41, 5.74) is 4.28. The first-order valence-corrected chi connectivity index (χ1v) is 16.0. The van der Waals surface area contributed by atoms with E-state index >= 15 is 0 Å². The zero-order valence-corrected chi connectivity index (χ0v) is 21.1. The fourth-order valence-corrected chi connectivity index (χ4v) is 8.41. The van der Waals surface area contributed by atoms with Crippen molar-refractivity contribution in [2.75, 3.05) is 11.9 Å². The van der Waals surface area contributed by atoms with Gasteiger partial charge < -0.3 is 4.90 Å². The first kappa shape index (κ1) is 20.8. The highest BCUT2D eigenvalue weighted by Crippen LogP contribution is 2.45. The molecule has 1 nitrogen and oxygen atoms in total. The lowest BCUT2D eigenvalue weighted by Gasteiger charge is -2.28. The van der Waals surface area contributed by atoms with E-state index in [2.05, 4.69) is 92.3 Å². The number of hydrogen-bond donors (Lipinski definition) is 0. The molecule has 0 aliphatic heterocycles. The minimum atomic E-state index is -1.44. The molecule has 0 amide bonds. The van der Waals surface area contributed by atoms with E-state index in [0.29, 0.717) is 0 Å². The van der Waals surface area contributed by atoms with Crippen molar-refractivity contribution < 1.29 is 0 Å². The van der Waals surface area contributed by atoms with Crippen LogP contribution in [0.25, 0.3) is 20.2 Å². The maximum absolute atomic E-state index is 2.44. The minimum Gasteiger partial charge on any atom is -0.344 e. The number of para-hydroxylation sites is 1. The molecular formula is C28H33NSSi. The summed E-state index contributed by atoms with van der Waals surface area (Å²) < 4.78 is 2.94. The van der Waals surface area contributed by atoms with Crippen LogP contribution in [0.2, 0.25) is 19.6 Å². The van der Waals surface area contributed by atoms with Gasteiger partial charge in [0.05, 0.1) is 18.5 Å². The number of thiophene rings is 1. The lowest BCUT2D eigenvalue weighted by atomic mass is 9.84. The summed E-state index contributed by atoms with van der Waals surface area (Å²) in [4.78, 5) is 2.44. The summed E-state index contributed by atoms with van der Waals surface area (Å²) in [6, 6.07) is 22.9. The fraction of sp³-hybridized carbons (Fsp3) is 0.357. The van der Waals surface area contributed by atoms with Gasteiger partial charge in [-0.15, -0.1) is 11.3 Å². The van der Waals surface area contributed by atoms with E-state index in [4.69, 9.17) is 0 Å². The summed E-state index contributed by atoms with van der Waals surface area (Å²) in [5.74, 6) is 0.735. The fourth-order valence-electron chi connectivity index (χ4n) is 5.36. The van der Waals surface area contributed by atoms with Crippen molar-refractivity contribution in [3.05, 3.63) is 66.2 Å². The molecule has 0 saturated heterocycles. The van der Waals surface area contributed by atoms with Gasteiger partial charge in [0, 0.05) is 28.2 Å². The average Bonchev–Trinajstić information content (AvgIpc) is 3.17. The van der Waals surface area contributed by atoms with Crippen LogP contribution in [0.5, 0.6) is 0 Å². The van der Waals surface area contributed by atoms with Gasteiger partial charge in [0.1, 0.15) is 0 Å². The number of anilines is 2. The Bertz CT molecular complexity index is 1230. The average molecular weight is 444 g/mol. The van der Waals surface area contributed by atoms with Crippen LogP contribution in [0.3, 0.4) is 0 Å². The zero-order chi connectivity index (χ0) is 21.6. The summed E-state index contributed by atoms with van der Waals surface area (Å²) in [7, 11) is 0.808. The van der Waals surface area contributed by atoms with Crippen LogP contribution in [-0.2, 0) is 0 Å². The van der Waals surface area contributed by atoms with Gasteiger partial charge in [0.15, 0.2) is 0 Å². The van der Waals surface area contributed by atoms with Crippen LogP contribution in [0.4, 0.5) is 11.4 Å². The molecule has 1 aliphatic rings. The monoisotopic (exact) mass is 443 g/mol. The van der Waals surface area contributed by atoms with Gasteiger partial charge in [-0.3, -0.25) is 0 Å². The first-order valence-electron chi connectivity index (χ1n) is 11.7. The van der Waals surface area contributed by atoms with Crippen LogP contribution in [0, 0.1) is 0 Å². The lowest BCUT2D eigenvalue weighted by Crippen LogP contribution is -2.40. The highest BCUT2D eigenvalue weighted by atomic mass is 32.1. The molecule has 1 aliphatic carbocycles. The maximum Gasteiger partial charge on any atom is 0.0803 e. The molecule has 0 unspecified atom stereocenters. The third-order valence-electron chi connectivity index (χ3n) is 7.01. The van der Waals surface area contributed by atoms with E-state index in [-0.39, 0.29) is 0 Å². The molecule has 1 aromatic heterocycles. The number of fused-ring (bicyclic) bond motifs is 3. The van der Waals surface area contributed by atoms with E-state index in [9.17, 15) is 0 Å². The third kappa shape index (κ3) is 3.72. The Hall–Kier alpha value is -2.10. The lowest BCUT2D eigenvalue weighted by molar-refractivity contribution is 0.446. The van der Waals surface area contributed by atoms with E-state index in [1.807, 2.05) is 11.3 Å². The normalized spacial score (nSPS) is 15.6. The van der Waals surface area contributed by atoms with E-state index in [1.54, 1.807) is 5.56 Å². The quantitative estimate of drug-likeness (QED) is 0.286. The van der Waals surface area contributed by atoms with Crippen LogP contribution in [0.1, 0.15) is 43.6 Å². The Labute approximate surface area is 191 Å². The summed E-state index contributed by atoms with van der Waals surface area (Å²) >= 11 is 2.01. The van der Waals surface area contributed by atoms with E-state index < -0.39 is 8.07 Å². The summed E-state index contributed by atoms with van der Waals surface area (Å²) in [5, 5.41) is 4.38. The van der Waals surface area contributed by atoms with Gasteiger partial charge in [0.2, 0.25) is 0 Å². The second-order valence-electron chi connectivity index (χ2n) is 10.1. The van der Waals surface area contributed by atoms with Gasteiger partial charge in [-0.25, -0.2) is 0 Å². The SMILES string of the molecule is CN(c1ccccc1[Si](C)(C)C)c1cccc2c1sc1c(C3CCCCC3)cccc12. The Morgan fingerprint density at radius 3 is 2.13 bits per heavy atom. The van der Waals surface area contributed by atoms with Gasteiger partial charge in [-0.05, 0) is 41.6 Å². The smallest absolute Gasteiger partial charge is 0.0803 e. The second kappa shape index (κ2) is 8.11. The second-order valence-corrected chi connectivity index (χ2v) is 16.2. The Balaban J connectivity index is 1.68. The van der Waals surface area contributed by atoms with E-state index in [1.165, 1.54) is 68.8 Å². The molecule has 5 rings (SSSR count). The summed E-state index contributed by atoms with van der Waals surface area (Å²) in [6.45, 7) is 7.32. The highest BCUT2D eigenvalue weighted by molar-refractivity contribution is 7.26. The molecule has 160 valence electrons. The molecule has 0 spiro atoms. The standard InChI is InChI=1S/C28H33NSSi/c1-29(24-17-8-9-19-26(24)31(2,3)4)25-18-11-16-23-22-15-10-14-21(27(22)30-28(23)25)20-12-6-5-7-13-20/h8-11,14-20H,5-7,12-13H2,1-4H3. The maximum atomic E-state index is 2.44. The largest absolute Gasteiger partial charge is 0.344 e. The van der Waals surface area contributed by atoms with Gasteiger partial charge >= 0.3 is 0 Å². The predicted octanol–water partition coefficient (Wildman–Crippen LogP) is 8.42. The minimum absolute atomic E-state index is 0.735. The van der Waals surface area contributed by atoms with Crippen LogP contribution < -0.4 is 10.1 Å². The number of rotatable bonds is 4. The first-order chi connectivity index (χ1) is 14.9. The van der Waals surface area contributed by atoms with Gasteiger partial charge in [0.25, 0.3) is 0 Å². The van der Waals surface area contributed by atoms with Crippen molar-refractivity contribution in [2.24, 2.45) is 0 Å². The molecule has 3 heteroatoms.